The van der Waals surface area contributed by atoms with Gasteiger partial charge >= 0.3 is 0 Å². The third-order valence-electron chi connectivity index (χ3n) is 4.23. The molecule has 0 amide bonds. The molecule has 0 N–H and O–H groups in total. The van der Waals surface area contributed by atoms with Gasteiger partial charge in [0, 0.05) is 10.0 Å². The van der Waals surface area contributed by atoms with Gasteiger partial charge < -0.3 is 0 Å². The van der Waals surface area contributed by atoms with Gasteiger partial charge in [0.15, 0.2) is 0 Å². The summed E-state index contributed by atoms with van der Waals surface area (Å²) in [6.45, 7) is 2.27. The zero-order chi connectivity index (χ0) is 16.3. The fraction of sp³-hybridized carbons (Fsp3) is 0.500. The van der Waals surface area contributed by atoms with Crippen LogP contribution >= 0.6 is 15.9 Å². The Kier molecular flexibility index (Phi) is 8.30. The van der Waals surface area contributed by atoms with E-state index < -0.39 is 0 Å². The number of hydrogen-bond acceptors (Lipinski definition) is 2. The maximum absolute atomic E-state index is 4.38. The van der Waals surface area contributed by atoms with Gasteiger partial charge in [-0.25, -0.2) is 0 Å². The van der Waals surface area contributed by atoms with Crippen LogP contribution in [-0.2, 0) is 6.42 Å². The van der Waals surface area contributed by atoms with Crippen LogP contribution in [0.5, 0.6) is 0 Å². The van der Waals surface area contributed by atoms with E-state index in [1.165, 1.54) is 62.5 Å². The number of benzene rings is 1. The summed E-state index contributed by atoms with van der Waals surface area (Å²) in [4.78, 5) is 0. The second kappa shape index (κ2) is 10.5. The Balaban J connectivity index is 1.83. The summed E-state index contributed by atoms with van der Waals surface area (Å²) >= 11 is 3.64. The number of unbranched alkanes of at least 4 members (excludes halogenated alkanes) is 7. The molecule has 0 saturated heterocycles. The van der Waals surface area contributed by atoms with E-state index in [1.807, 2.05) is 6.07 Å². The molecule has 0 spiro atoms. The molecule has 2 aromatic rings. The number of hydrogen-bond donors (Lipinski definition) is 0. The zero-order valence-electron chi connectivity index (χ0n) is 14.1. The molecule has 0 bridgehead atoms. The molecule has 2 nitrogen and oxygen atoms in total. The number of rotatable bonds is 10. The molecule has 0 saturated carbocycles. The van der Waals surface area contributed by atoms with Crippen LogP contribution < -0.4 is 0 Å². The van der Waals surface area contributed by atoms with Gasteiger partial charge in [-0.1, -0.05) is 86.0 Å². The van der Waals surface area contributed by atoms with Crippen LogP contribution in [0.15, 0.2) is 41.0 Å². The molecule has 2 rings (SSSR count). The van der Waals surface area contributed by atoms with E-state index in [2.05, 4.69) is 57.3 Å². The minimum absolute atomic E-state index is 1.01. The Morgan fingerprint density at radius 2 is 1.52 bits per heavy atom. The molecule has 1 heterocycles. The van der Waals surface area contributed by atoms with Crippen LogP contribution in [-0.4, -0.2) is 10.2 Å². The number of aryl methyl sites for hydroxylation is 1. The molecule has 0 aliphatic rings. The summed E-state index contributed by atoms with van der Waals surface area (Å²) in [5.74, 6) is 0. The summed E-state index contributed by atoms with van der Waals surface area (Å²) < 4.78 is 1.12. The van der Waals surface area contributed by atoms with Gasteiger partial charge in [0.1, 0.15) is 0 Å². The molecule has 0 atom stereocenters. The van der Waals surface area contributed by atoms with Crippen molar-refractivity contribution in [3.8, 4) is 11.1 Å². The minimum atomic E-state index is 1.01. The first-order chi connectivity index (χ1) is 11.3. The smallest absolute Gasteiger partial charge is 0.0709 e. The van der Waals surface area contributed by atoms with Gasteiger partial charge in [-0.3, -0.25) is 0 Å². The fourth-order valence-corrected chi connectivity index (χ4v) is 3.40. The number of nitrogens with zero attached hydrogens (tertiary/aromatic N) is 2. The molecular formula is C20H27BrN2. The lowest BCUT2D eigenvalue weighted by atomic mass is 10.0. The van der Waals surface area contributed by atoms with Crippen molar-refractivity contribution >= 4 is 15.9 Å². The van der Waals surface area contributed by atoms with Crippen LogP contribution in [0.3, 0.4) is 0 Å². The highest BCUT2D eigenvalue weighted by Crippen LogP contribution is 2.30. The number of halogens is 1. The summed E-state index contributed by atoms with van der Waals surface area (Å²) in [5, 5.41) is 8.47. The van der Waals surface area contributed by atoms with E-state index in [9.17, 15) is 0 Å². The van der Waals surface area contributed by atoms with Crippen molar-refractivity contribution in [1.82, 2.24) is 10.2 Å². The van der Waals surface area contributed by atoms with Gasteiger partial charge in [0.05, 0.1) is 11.9 Å². The predicted octanol–water partition coefficient (Wildman–Crippen LogP) is 6.59. The first kappa shape index (κ1) is 18.1. The van der Waals surface area contributed by atoms with Crippen molar-refractivity contribution in [1.29, 1.82) is 0 Å². The molecule has 0 fully saturated rings. The number of aromatic nitrogens is 2. The van der Waals surface area contributed by atoms with E-state index in [0.717, 1.165) is 16.6 Å². The third-order valence-corrected chi connectivity index (χ3v) is 4.92. The molecule has 23 heavy (non-hydrogen) atoms. The van der Waals surface area contributed by atoms with E-state index >= 15 is 0 Å². The quantitative estimate of drug-likeness (QED) is 0.438. The van der Waals surface area contributed by atoms with E-state index in [0.29, 0.717) is 0 Å². The van der Waals surface area contributed by atoms with E-state index in [-0.39, 0.29) is 0 Å². The Bertz CT molecular complexity index is 583. The maximum atomic E-state index is 4.38. The van der Waals surface area contributed by atoms with E-state index in [4.69, 9.17) is 0 Å². The molecule has 124 valence electrons. The largest absolute Gasteiger partial charge is 0.159 e. The Hall–Kier alpha value is -1.22. The highest BCUT2D eigenvalue weighted by molar-refractivity contribution is 9.10. The molecule has 0 radical (unpaired) electrons. The molecule has 0 aliphatic heterocycles. The summed E-state index contributed by atoms with van der Waals surface area (Å²) in [7, 11) is 0. The lowest BCUT2D eigenvalue weighted by Gasteiger charge is -2.09. The standard InChI is InChI=1S/C20H27BrN2/c1-2-3-4-5-6-7-8-9-14-20-18(15-16-22-23-20)17-12-10-11-13-19(17)21/h10-13,15-16H,2-9,14H2,1H3. The van der Waals surface area contributed by atoms with Crippen molar-refractivity contribution in [2.75, 3.05) is 0 Å². The van der Waals surface area contributed by atoms with Crippen LogP contribution in [0.4, 0.5) is 0 Å². The second-order valence-electron chi connectivity index (χ2n) is 6.10. The van der Waals surface area contributed by atoms with Crippen LogP contribution in [0.2, 0.25) is 0 Å². The fourth-order valence-electron chi connectivity index (χ4n) is 2.90. The van der Waals surface area contributed by atoms with Crippen molar-refractivity contribution in [3.63, 3.8) is 0 Å². The molecule has 3 heteroatoms. The molecule has 1 aromatic carbocycles. The minimum Gasteiger partial charge on any atom is -0.159 e. The third kappa shape index (κ3) is 6.06. The molecule has 0 aliphatic carbocycles. The lowest BCUT2D eigenvalue weighted by Crippen LogP contribution is -1.97. The Labute approximate surface area is 148 Å². The summed E-state index contributed by atoms with van der Waals surface area (Å²) in [5.41, 5.74) is 3.53. The topological polar surface area (TPSA) is 25.8 Å². The Morgan fingerprint density at radius 1 is 0.826 bits per heavy atom. The van der Waals surface area contributed by atoms with Gasteiger partial charge in [-0.15, -0.1) is 0 Å². The highest BCUT2D eigenvalue weighted by Gasteiger charge is 2.09. The summed E-state index contributed by atoms with van der Waals surface area (Å²) in [6, 6.07) is 10.4. The van der Waals surface area contributed by atoms with E-state index in [1.54, 1.807) is 6.20 Å². The van der Waals surface area contributed by atoms with Crippen molar-refractivity contribution in [2.45, 2.75) is 64.7 Å². The Morgan fingerprint density at radius 3 is 2.26 bits per heavy atom. The molecule has 0 unspecified atom stereocenters. The second-order valence-corrected chi connectivity index (χ2v) is 6.95. The summed E-state index contributed by atoms with van der Waals surface area (Å²) in [6.07, 6.45) is 13.5. The molecular weight excluding hydrogens is 348 g/mol. The normalized spacial score (nSPS) is 10.9. The van der Waals surface area contributed by atoms with Gasteiger partial charge in [-0.05, 0) is 30.5 Å². The maximum Gasteiger partial charge on any atom is 0.0709 e. The average molecular weight is 375 g/mol. The van der Waals surface area contributed by atoms with Crippen molar-refractivity contribution in [2.24, 2.45) is 0 Å². The zero-order valence-corrected chi connectivity index (χ0v) is 15.7. The van der Waals surface area contributed by atoms with Gasteiger partial charge in [0.2, 0.25) is 0 Å². The van der Waals surface area contributed by atoms with Crippen molar-refractivity contribution in [3.05, 3.63) is 46.7 Å². The van der Waals surface area contributed by atoms with Gasteiger partial charge in [0.25, 0.3) is 0 Å². The lowest BCUT2D eigenvalue weighted by molar-refractivity contribution is 0.573. The highest BCUT2D eigenvalue weighted by atomic mass is 79.9. The van der Waals surface area contributed by atoms with Crippen LogP contribution in [0.25, 0.3) is 11.1 Å². The van der Waals surface area contributed by atoms with Crippen LogP contribution in [0, 0.1) is 0 Å². The molecule has 1 aromatic heterocycles. The van der Waals surface area contributed by atoms with Gasteiger partial charge in [-0.2, -0.15) is 10.2 Å². The predicted molar refractivity (Wildman–Crippen MR) is 101 cm³/mol. The first-order valence-corrected chi connectivity index (χ1v) is 9.67. The monoisotopic (exact) mass is 374 g/mol. The average Bonchev–Trinajstić information content (AvgIpc) is 2.58. The van der Waals surface area contributed by atoms with Crippen LogP contribution in [0.1, 0.15) is 64.0 Å². The van der Waals surface area contributed by atoms with Crippen molar-refractivity contribution < 1.29 is 0 Å². The SMILES string of the molecule is CCCCCCCCCCc1nnccc1-c1ccccc1Br. The first-order valence-electron chi connectivity index (χ1n) is 8.88.